The lowest BCUT2D eigenvalue weighted by atomic mass is 10.2. The number of carbonyl (C=O) groups is 1. The summed E-state index contributed by atoms with van der Waals surface area (Å²) in [5.74, 6) is 0.638. The van der Waals surface area contributed by atoms with Crippen LogP contribution in [0.15, 0.2) is 47.5 Å². The van der Waals surface area contributed by atoms with Crippen LogP contribution in [0.2, 0.25) is 0 Å². The molecule has 0 bridgehead atoms. The molecule has 1 fully saturated rings. The number of carbonyl (C=O) groups excluding carboxylic acids is 1. The highest BCUT2D eigenvalue weighted by Crippen LogP contribution is 2.18. The number of amides is 1. The van der Waals surface area contributed by atoms with Gasteiger partial charge in [0, 0.05) is 45.5 Å². The van der Waals surface area contributed by atoms with Gasteiger partial charge in [0.15, 0.2) is 0 Å². The summed E-state index contributed by atoms with van der Waals surface area (Å²) in [5.41, 5.74) is 1.20. The largest absolute Gasteiger partial charge is 0.357 e. The fourth-order valence-corrected chi connectivity index (χ4v) is 3.90. The molecule has 1 aliphatic heterocycles. The van der Waals surface area contributed by atoms with Gasteiger partial charge in [0.1, 0.15) is 5.82 Å². The van der Waals surface area contributed by atoms with Crippen LogP contribution >= 0.6 is 0 Å². The molecule has 1 aliphatic rings. The molecule has 1 aromatic carbocycles. The summed E-state index contributed by atoms with van der Waals surface area (Å²) in [7, 11) is -0.656. The molecule has 0 radical (unpaired) electrons. The quantitative estimate of drug-likeness (QED) is 0.817. The second-order valence-electron chi connectivity index (χ2n) is 6.72. The molecule has 2 aromatic rings. The molecular formula is C19H24N4O3S. The van der Waals surface area contributed by atoms with Gasteiger partial charge in [-0.1, -0.05) is 12.1 Å². The first-order valence-corrected chi connectivity index (χ1v) is 10.3. The van der Waals surface area contributed by atoms with Crippen LogP contribution in [0.4, 0.5) is 5.82 Å². The molecule has 8 heteroatoms. The van der Waals surface area contributed by atoms with Gasteiger partial charge >= 0.3 is 0 Å². The van der Waals surface area contributed by atoms with E-state index in [0.717, 1.165) is 28.8 Å². The fraction of sp³-hybridized carbons (Fsp3) is 0.368. The molecule has 7 nitrogen and oxygen atoms in total. The zero-order chi connectivity index (χ0) is 19.4. The maximum atomic E-state index is 12.4. The van der Waals surface area contributed by atoms with Gasteiger partial charge in [-0.15, -0.1) is 0 Å². The molecule has 1 aromatic heterocycles. The Morgan fingerprint density at radius 2 is 1.93 bits per heavy atom. The average Bonchev–Trinajstić information content (AvgIpc) is 3.21. The lowest BCUT2D eigenvalue weighted by molar-refractivity contribution is 0.0950. The van der Waals surface area contributed by atoms with E-state index in [1.807, 2.05) is 12.1 Å². The molecule has 1 N–H and O–H groups in total. The van der Waals surface area contributed by atoms with Crippen LogP contribution in [0.3, 0.4) is 0 Å². The minimum Gasteiger partial charge on any atom is -0.357 e. The smallest absolute Gasteiger partial charge is 0.251 e. The summed E-state index contributed by atoms with van der Waals surface area (Å²) >= 11 is 0. The highest BCUT2D eigenvalue weighted by atomic mass is 32.2. The van der Waals surface area contributed by atoms with Crippen molar-refractivity contribution < 1.29 is 13.2 Å². The third-order valence-corrected chi connectivity index (χ3v) is 6.38. The highest BCUT2D eigenvalue weighted by Gasteiger charge is 2.18. The third kappa shape index (κ3) is 4.45. The zero-order valence-electron chi connectivity index (χ0n) is 15.6. The number of aromatic nitrogens is 1. The van der Waals surface area contributed by atoms with Gasteiger partial charge in [0.2, 0.25) is 10.0 Å². The Morgan fingerprint density at radius 3 is 2.56 bits per heavy atom. The fourth-order valence-electron chi connectivity index (χ4n) is 2.95. The predicted molar refractivity (Wildman–Crippen MR) is 104 cm³/mol. The van der Waals surface area contributed by atoms with Crippen LogP contribution in [0, 0.1) is 0 Å². The number of sulfonamides is 1. The molecule has 27 heavy (non-hydrogen) atoms. The number of hydrogen-bond acceptors (Lipinski definition) is 5. The maximum Gasteiger partial charge on any atom is 0.251 e. The number of benzene rings is 1. The summed E-state index contributed by atoms with van der Waals surface area (Å²) in [6.45, 7) is 2.40. The molecule has 0 saturated carbocycles. The second-order valence-corrected chi connectivity index (χ2v) is 8.87. The highest BCUT2D eigenvalue weighted by molar-refractivity contribution is 7.89. The van der Waals surface area contributed by atoms with E-state index in [9.17, 15) is 13.2 Å². The van der Waals surface area contributed by atoms with Crippen molar-refractivity contribution in [3.8, 4) is 0 Å². The molecule has 0 spiro atoms. The molecule has 0 unspecified atom stereocenters. The van der Waals surface area contributed by atoms with Gasteiger partial charge in [-0.2, -0.15) is 0 Å². The summed E-state index contributed by atoms with van der Waals surface area (Å²) in [6.07, 6.45) is 4.16. The summed E-state index contributed by atoms with van der Waals surface area (Å²) in [4.78, 5) is 19.2. The molecule has 144 valence electrons. The standard InChI is InChI=1S/C19H24N4O3S/c1-22(2)27(25,26)17-7-5-6-16(12-17)19(24)21-14-15-8-9-18(20-13-15)23-10-3-4-11-23/h5-9,12-13H,3-4,10-11,14H2,1-2H3,(H,21,24). The summed E-state index contributed by atoms with van der Waals surface area (Å²) < 4.78 is 25.5. The maximum absolute atomic E-state index is 12.4. The minimum absolute atomic E-state index is 0.0942. The van der Waals surface area contributed by atoms with Crippen molar-refractivity contribution in [3.63, 3.8) is 0 Å². The lowest BCUT2D eigenvalue weighted by Gasteiger charge is -2.16. The van der Waals surface area contributed by atoms with Crippen LogP contribution in [0.25, 0.3) is 0 Å². The molecular weight excluding hydrogens is 364 g/mol. The molecule has 2 heterocycles. The van der Waals surface area contributed by atoms with Crippen molar-refractivity contribution in [2.45, 2.75) is 24.3 Å². The van der Waals surface area contributed by atoms with E-state index in [0.29, 0.717) is 12.1 Å². The number of nitrogens with one attached hydrogen (secondary N) is 1. The van der Waals surface area contributed by atoms with Crippen molar-refractivity contribution in [1.82, 2.24) is 14.6 Å². The molecule has 1 saturated heterocycles. The minimum atomic E-state index is -3.57. The Morgan fingerprint density at radius 1 is 1.19 bits per heavy atom. The van der Waals surface area contributed by atoms with Crippen molar-refractivity contribution >= 4 is 21.7 Å². The topological polar surface area (TPSA) is 82.6 Å². The second kappa shape index (κ2) is 8.06. The van der Waals surface area contributed by atoms with E-state index in [4.69, 9.17) is 0 Å². The van der Waals surface area contributed by atoms with E-state index in [-0.39, 0.29) is 10.8 Å². The number of hydrogen-bond donors (Lipinski definition) is 1. The Hall–Kier alpha value is -2.45. The van der Waals surface area contributed by atoms with Gasteiger partial charge in [-0.25, -0.2) is 17.7 Å². The lowest BCUT2D eigenvalue weighted by Crippen LogP contribution is -2.25. The molecule has 3 rings (SSSR count). The molecule has 0 atom stereocenters. The van der Waals surface area contributed by atoms with Gasteiger partial charge < -0.3 is 10.2 Å². The first kappa shape index (κ1) is 19.3. The number of rotatable bonds is 6. The number of nitrogens with zero attached hydrogens (tertiary/aromatic N) is 3. The molecule has 0 aliphatic carbocycles. The van der Waals surface area contributed by atoms with Crippen molar-refractivity contribution in [3.05, 3.63) is 53.7 Å². The Bertz CT molecular complexity index is 905. The Balaban J connectivity index is 1.64. The van der Waals surface area contributed by atoms with Gasteiger partial charge in [-0.3, -0.25) is 4.79 Å². The summed E-state index contributed by atoms with van der Waals surface area (Å²) in [5, 5.41) is 2.81. The van der Waals surface area contributed by atoms with E-state index in [2.05, 4.69) is 15.2 Å². The van der Waals surface area contributed by atoms with Crippen LogP contribution in [0.1, 0.15) is 28.8 Å². The predicted octanol–water partition coefficient (Wildman–Crippen LogP) is 1.86. The van der Waals surface area contributed by atoms with Gasteiger partial charge in [-0.05, 0) is 42.7 Å². The van der Waals surface area contributed by atoms with E-state index in [1.54, 1.807) is 18.3 Å². The third-order valence-electron chi connectivity index (χ3n) is 4.57. The van der Waals surface area contributed by atoms with Crippen LogP contribution < -0.4 is 10.2 Å². The zero-order valence-corrected chi connectivity index (χ0v) is 16.4. The average molecular weight is 388 g/mol. The SMILES string of the molecule is CN(C)S(=O)(=O)c1cccc(C(=O)NCc2ccc(N3CCCC3)nc2)c1. The number of pyridine rings is 1. The number of anilines is 1. The summed E-state index contributed by atoms with van der Waals surface area (Å²) in [6, 6.07) is 9.95. The van der Waals surface area contributed by atoms with E-state index < -0.39 is 10.0 Å². The van der Waals surface area contributed by atoms with Crippen molar-refractivity contribution in [2.75, 3.05) is 32.1 Å². The first-order valence-electron chi connectivity index (χ1n) is 8.88. The monoisotopic (exact) mass is 388 g/mol. The molecule has 1 amide bonds. The van der Waals surface area contributed by atoms with Crippen molar-refractivity contribution in [2.24, 2.45) is 0 Å². The van der Waals surface area contributed by atoms with Crippen molar-refractivity contribution in [1.29, 1.82) is 0 Å². The van der Waals surface area contributed by atoms with Crippen LogP contribution in [-0.4, -0.2) is 50.8 Å². The van der Waals surface area contributed by atoms with Gasteiger partial charge in [0.05, 0.1) is 4.90 Å². The first-order chi connectivity index (χ1) is 12.9. The van der Waals surface area contributed by atoms with E-state index >= 15 is 0 Å². The van der Waals surface area contributed by atoms with Crippen LogP contribution in [-0.2, 0) is 16.6 Å². The normalized spacial score (nSPS) is 14.6. The Labute approximate surface area is 160 Å². The van der Waals surface area contributed by atoms with E-state index in [1.165, 1.54) is 39.1 Å². The van der Waals surface area contributed by atoms with Crippen LogP contribution in [0.5, 0.6) is 0 Å². The Kier molecular flexibility index (Phi) is 5.76. The van der Waals surface area contributed by atoms with Gasteiger partial charge in [0.25, 0.3) is 5.91 Å².